The third-order valence-electron chi connectivity index (χ3n) is 3.05. The van der Waals surface area contributed by atoms with Crippen molar-refractivity contribution in [2.75, 3.05) is 19.4 Å². The number of amides is 1. The van der Waals surface area contributed by atoms with E-state index < -0.39 is 0 Å². The van der Waals surface area contributed by atoms with Crippen molar-refractivity contribution in [3.05, 3.63) is 35.4 Å². The van der Waals surface area contributed by atoms with Gasteiger partial charge in [0.1, 0.15) is 0 Å². The number of rotatable bonds is 7. The van der Waals surface area contributed by atoms with Crippen LogP contribution in [-0.4, -0.2) is 41.7 Å². The van der Waals surface area contributed by atoms with Gasteiger partial charge >= 0.3 is 0 Å². The first-order valence-electron chi connectivity index (χ1n) is 6.36. The molecule has 1 rings (SSSR count). The minimum absolute atomic E-state index is 0.0143. The fourth-order valence-electron chi connectivity index (χ4n) is 1.81. The van der Waals surface area contributed by atoms with Gasteiger partial charge in [0.2, 0.25) is 0 Å². The third kappa shape index (κ3) is 4.86. The highest BCUT2D eigenvalue weighted by atomic mass is 32.2. The lowest BCUT2D eigenvalue weighted by Gasteiger charge is -2.21. The van der Waals surface area contributed by atoms with Crippen molar-refractivity contribution in [2.24, 2.45) is 5.73 Å². The molecule has 1 aromatic rings. The van der Waals surface area contributed by atoms with Crippen molar-refractivity contribution >= 4 is 17.7 Å². The zero-order chi connectivity index (χ0) is 14.3. The Morgan fingerprint density at radius 3 is 2.53 bits per heavy atom. The predicted molar refractivity (Wildman–Crippen MR) is 80.5 cm³/mol. The van der Waals surface area contributed by atoms with Crippen LogP contribution >= 0.6 is 11.8 Å². The predicted octanol–water partition coefficient (Wildman–Crippen LogP) is 1.03. The SMILES string of the molecule is CSC(CO)C(C)NC(=O)c1ccc(CCN)cc1. The van der Waals surface area contributed by atoms with Crippen LogP contribution in [0.5, 0.6) is 0 Å². The van der Waals surface area contributed by atoms with Crippen molar-refractivity contribution < 1.29 is 9.90 Å². The van der Waals surface area contributed by atoms with Gasteiger partial charge in [0.05, 0.1) is 6.61 Å². The third-order valence-corrected chi connectivity index (χ3v) is 4.21. The highest BCUT2D eigenvalue weighted by molar-refractivity contribution is 7.99. The number of aliphatic hydroxyl groups is 1. The second-order valence-corrected chi connectivity index (χ2v) is 5.53. The number of nitrogens with two attached hydrogens (primary N) is 1. The molecule has 2 unspecified atom stereocenters. The van der Waals surface area contributed by atoms with Gasteiger partial charge in [-0.25, -0.2) is 0 Å². The largest absolute Gasteiger partial charge is 0.395 e. The Bertz CT molecular complexity index is 391. The molecule has 106 valence electrons. The molecule has 0 radical (unpaired) electrons. The molecule has 0 aromatic heterocycles. The molecule has 0 saturated carbocycles. The van der Waals surface area contributed by atoms with Gasteiger partial charge in [-0.2, -0.15) is 11.8 Å². The molecule has 1 amide bonds. The molecule has 0 spiro atoms. The minimum atomic E-state index is -0.112. The maximum atomic E-state index is 12.0. The topological polar surface area (TPSA) is 75.3 Å². The van der Waals surface area contributed by atoms with Gasteiger partial charge in [-0.1, -0.05) is 12.1 Å². The molecule has 0 aliphatic carbocycles. The van der Waals surface area contributed by atoms with Crippen LogP contribution in [0.25, 0.3) is 0 Å². The van der Waals surface area contributed by atoms with Gasteiger partial charge in [0.15, 0.2) is 0 Å². The second-order valence-electron chi connectivity index (χ2n) is 4.45. The maximum absolute atomic E-state index is 12.0. The zero-order valence-electron chi connectivity index (χ0n) is 11.4. The first-order chi connectivity index (χ1) is 9.12. The van der Waals surface area contributed by atoms with E-state index in [1.54, 1.807) is 23.9 Å². The van der Waals surface area contributed by atoms with E-state index in [2.05, 4.69) is 5.32 Å². The van der Waals surface area contributed by atoms with Crippen molar-refractivity contribution in [3.63, 3.8) is 0 Å². The number of carbonyl (C=O) groups is 1. The number of hydrogen-bond donors (Lipinski definition) is 3. The number of carbonyl (C=O) groups excluding carboxylic acids is 1. The number of thioether (sulfide) groups is 1. The van der Waals surface area contributed by atoms with Crippen molar-refractivity contribution in [1.82, 2.24) is 5.32 Å². The van der Waals surface area contributed by atoms with E-state index in [9.17, 15) is 9.90 Å². The van der Waals surface area contributed by atoms with Gasteiger partial charge in [0, 0.05) is 16.9 Å². The summed E-state index contributed by atoms with van der Waals surface area (Å²) in [6.45, 7) is 2.56. The molecular weight excluding hydrogens is 260 g/mol. The van der Waals surface area contributed by atoms with E-state index in [0.717, 1.165) is 12.0 Å². The van der Waals surface area contributed by atoms with E-state index in [-0.39, 0.29) is 23.8 Å². The number of aliphatic hydroxyl groups excluding tert-OH is 1. The Labute approximate surface area is 118 Å². The summed E-state index contributed by atoms with van der Waals surface area (Å²) >= 11 is 1.55. The monoisotopic (exact) mass is 282 g/mol. The van der Waals surface area contributed by atoms with E-state index in [1.807, 2.05) is 25.3 Å². The van der Waals surface area contributed by atoms with Crippen molar-refractivity contribution in [2.45, 2.75) is 24.6 Å². The lowest BCUT2D eigenvalue weighted by Crippen LogP contribution is -2.41. The molecule has 4 nitrogen and oxygen atoms in total. The maximum Gasteiger partial charge on any atom is 0.251 e. The van der Waals surface area contributed by atoms with Crippen LogP contribution in [-0.2, 0) is 6.42 Å². The summed E-state index contributed by atoms with van der Waals surface area (Å²) in [5, 5.41) is 12.1. The Morgan fingerprint density at radius 1 is 1.42 bits per heavy atom. The molecule has 0 bridgehead atoms. The molecule has 4 N–H and O–H groups in total. The smallest absolute Gasteiger partial charge is 0.251 e. The summed E-state index contributed by atoms with van der Waals surface area (Å²) in [6.07, 6.45) is 2.74. The standard InChI is InChI=1S/C14H22N2O2S/c1-10(13(9-17)19-2)16-14(18)12-5-3-11(4-6-12)7-8-15/h3-6,10,13,17H,7-9,15H2,1-2H3,(H,16,18). The molecule has 0 aliphatic rings. The molecule has 0 fully saturated rings. The van der Waals surface area contributed by atoms with Crippen LogP contribution in [0.15, 0.2) is 24.3 Å². The van der Waals surface area contributed by atoms with Crippen LogP contribution < -0.4 is 11.1 Å². The summed E-state index contributed by atoms with van der Waals surface area (Å²) in [5.74, 6) is -0.112. The van der Waals surface area contributed by atoms with E-state index in [0.29, 0.717) is 12.1 Å². The van der Waals surface area contributed by atoms with Gasteiger partial charge in [-0.3, -0.25) is 4.79 Å². The molecule has 2 atom stereocenters. The lowest BCUT2D eigenvalue weighted by atomic mass is 10.1. The molecule has 0 aliphatic heterocycles. The van der Waals surface area contributed by atoms with E-state index in [1.165, 1.54) is 0 Å². The van der Waals surface area contributed by atoms with Gasteiger partial charge in [0.25, 0.3) is 5.91 Å². The Morgan fingerprint density at radius 2 is 2.05 bits per heavy atom. The molecule has 5 heteroatoms. The molecule has 1 aromatic carbocycles. The molecular formula is C14H22N2O2S. The fourth-order valence-corrected chi connectivity index (χ4v) is 2.43. The summed E-state index contributed by atoms with van der Waals surface area (Å²) < 4.78 is 0. The quantitative estimate of drug-likeness (QED) is 0.698. The van der Waals surface area contributed by atoms with Gasteiger partial charge in [-0.15, -0.1) is 0 Å². The number of nitrogens with one attached hydrogen (secondary N) is 1. The first-order valence-corrected chi connectivity index (χ1v) is 7.64. The van der Waals surface area contributed by atoms with Gasteiger partial charge < -0.3 is 16.2 Å². The van der Waals surface area contributed by atoms with Crippen LogP contribution in [0, 0.1) is 0 Å². The minimum Gasteiger partial charge on any atom is -0.395 e. The summed E-state index contributed by atoms with van der Waals surface area (Å²) in [6, 6.07) is 7.38. The average Bonchev–Trinajstić information content (AvgIpc) is 2.41. The Hall–Kier alpha value is -1.04. The summed E-state index contributed by atoms with van der Waals surface area (Å²) in [7, 11) is 0. The van der Waals surface area contributed by atoms with Gasteiger partial charge in [-0.05, 0) is 43.8 Å². The molecule has 0 heterocycles. The van der Waals surface area contributed by atoms with Crippen LogP contribution in [0.2, 0.25) is 0 Å². The highest BCUT2D eigenvalue weighted by Crippen LogP contribution is 2.11. The van der Waals surface area contributed by atoms with Crippen molar-refractivity contribution in [3.8, 4) is 0 Å². The average molecular weight is 282 g/mol. The van der Waals surface area contributed by atoms with Crippen LogP contribution in [0.4, 0.5) is 0 Å². The summed E-state index contributed by atoms with van der Waals surface area (Å²) in [5.41, 5.74) is 7.24. The van der Waals surface area contributed by atoms with Crippen LogP contribution in [0.3, 0.4) is 0 Å². The Kier molecular flexibility index (Phi) is 6.91. The fraction of sp³-hybridized carbons (Fsp3) is 0.500. The zero-order valence-corrected chi connectivity index (χ0v) is 12.2. The normalized spacial score (nSPS) is 13.9. The second kappa shape index (κ2) is 8.19. The highest BCUT2D eigenvalue weighted by Gasteiger charge is 2.17. The summed E-state index contributed by atoms with van der Waals surface area (Å²) in [4.78, 5) is 12.0. The molecule has 0 saturated heterocycles. The first kappa shape index (κ1) is 16.0. The van der Waals surface area contributed by atoms with Crippen LogP contribution in [0.1, 0.15) is 22.8 Å². The Balaban J connectivity index is 2.62. The van der Waals surface area contributed by atoms with Crippen molar-refractivity contribution in [1.29, 1.82) is 0 Å². The van der Waals surface area contributed by atoms with E-state index in [4.69, 9.17) is 5.73 Å². The lowest BCUT2D eigenvalue weighted by molar-refractivity contribution is 0.0936. The molecule has 19 heavy (non-hydrogen) atoms. The van der Waals surface area contributed by atoms with E-state index >= 15 is 0 Å². The number of hydrogen-bond acceptors (Lipinski definition) is 4. The number of benzene rings is 1.